The van der Waals surface area contributed by atoms with E-state index in [1.807, 2.05) is 67.6 Å². The van der Waals surface area contributed by atoms with Crippen molar-refractivity contribution in [3.8, 4) is 22.3 Å². The Morgan fingerprint density at radius 2 is 1.53 bits per heavy atom. The molecular formula is C29H24N2O2S. The molecule has 0 aliphatic heterocycles. The molecule has 0 radical (unpaired) electrons. The van der Waals surface area contributed by atoms with Crippen LogP contribution in [0.25, 0.3) is 32.5 Å². The normalized spacial score (nSPS) is 11.1. The Hall–Kier alpha value is -3.83. The van der Waals surface area contributed by atoms with E-state index >= 15 is 0 Å². The van der Waals surface area contributed by atoms with Crippen LogP contribution in [0.3, 0.4) is 0 Å². The average molecular weight is 465 g/mol. The number of aryl methyl sites for hydroxylation is 3. The average Bonchev–Trinajstić information content (AvgIpc) is 3.20. The van der Waals surface area contributed by atoms with Crippen LogP contribution in [0.2, 0.25) is 0 Å². The third kappa shape index (κ3) is 3.99. The molecular weight excluding hydrogens is 440 g/mol. The monoisotopic (exact) mass is 464 g/mol. The minimum atomic E-state index is -0.183. The molecule has 5 aromatic rings. The molecule has 0 unspecified atom stereocenters. The van der Waals surface area contributed by atoms with Crippen LogP contribution in [0, 0.1) is 20.8 Å². The summed E-state index contributed by atoms with van der Waals surface area (Å²) in [5.74, 6) is -0.123. The number of hydrogen-bond donors (Lipinski definition) is 0. The van der Waals surface area contributed by atoms with Gasteiger partial charge in [-0.25, -0.2) is 4.98 Å². The summed E-state index contributed by atoms with van der Waals surface area (Å²) in [6.07, 6.45) is 1.49. The third-order valence-corrected chi connectivity index (χ3v) is 7.29. The fraction of sp³-hybridized carbons (Fsp3) is 0.138. The molecule has 3 aromatic carbocycles. The number of aromatic nitrogens is 2. The van der Waals surface area contributed by atoms with E-state index in [1.54, 1.807) is 0 Å². The molecule has 0 N–H and O–H groups in total. The molecule has 2 aromatic heterocycles. The first-order valence-electron chi connectivity index (χ1n) is 11.2. The highest BCUT2D eigenvalue weighted by atomic mass is 32.1. The Bertz CT molecular complexity index is 1580. The molecule has 0 spiro atoms. The van der Waals surface area contributed by atoms with Crippen molar-refractivity contribution in [2.24, 2.45) is 0 Å². The lowest BCUT2D eigenvalue weighted by atomic mass is 9.99. The Morgan fingerprint density at radius 3 is 2.24 bits per heavy atom. The SMILES string of the molecule is Cc1ccc(-c2c(C)sc3ncn(CC(=O)c4ccc(-c5ccccc5)cc4)c(=O)c23)cc1C. The fourth-order valence-corrected chi connectivity index (χ4v) is 5.22. The molecule has 0 saturated heterocycles. The van der Waals surface area contributed by atoms with Crippen LogP contribution in [0.15, 0.2) is 83.9 Å². The zero-order chi connectivity index (χ0) is 23.8. The topological polar surface area (TPSA) is 52.0 Å². The molecule has 0 aliphatic rings. The second kappa shape index (κ2) is 8.84. The molecule has 2 heterocycles. The fourth-order valence-electron chi connectivity index (χ4n) is 4.22. The molecule has 34 heavy (non-hydrogen) atoms. The summed E-state index contributed by atoms with van der Waals surface area (Å²) in [6.45, 7) is 6.11. The Balaban J connectivity index is 1.49. The van der Waals surface area contributed by atoms with E-state index in [0.29, 0.717) is 15.8 Å². The number of carbonyl (C=O) groups is 1. The lowest BCUT2D eigenvalue weighted by Crippen LogP contribution is -2.24. The van der Waals surface area contributed by atoms with Crippen molar-refractivity contribution in [1.82, 2.24) is 9.55 Å². The maximum atomic E-state index is 13.5. The summed E-state index contributed by atoms with van der Waals surface area (Å²) in [6, 6.07) is 23.8. The van der Waals surface area contributed by atoms with Gasteiger partial charge in [0.2, 0.25) is 0 Å². The molecule has 0 fully saturated rings. The highest BCUT2D eigenvalue weighted by molar-refractivity contribution is 7.19. The number of ketones is 1. The number of nitrogens with zero attached hydrogens (tertiary/aromatic N) is 2. The van der Waals surface area contributed by atoms with Crippen molar-refractivity contribution in [3.05, 3.63) is 111 Å². The minimum absolute atomic E-state index is 0.0479. The van der Waals surface area contributed by atoms with Gasteiger partial charge in [-0.05, 0) is 48.6 Å². The van der Waals surface area contributed by atoms with Gasteiger partial charge in [-0.15, -0.1) is 11.3 Å². The van der Waals surface area contributed by atoms with Gasteiger partial charge in [-0.2, -0.15) is 0 Å². The molecule has 5 heteroatoms. The maximum absolute atomic E-state index is 13.5. The lowest BCUT2D eigenvalue weighted by molar-refractivity contribution is 0.0970. The number of rotatable bonds is 5. The van der Waals surface area contributed by atoms with E-state index < -0.39 is 0 Å². The van der Waals surface area contributed by atoms with Gasteiger partial charge in [-0.3, -0.25) is 14.2 Å². The van der Waals surface area contributed by atoms with Crippen molar-refractivity contribution in [1.29, 1.82) is 0 Å². The van der Waals surface area contributed by atoms with E-state index in [1.165, 1.54) is 33.4 Å². The molecule has 0 saturated carbocycles. The largest absolute Gasteiger partial charge is 0.292 e. The number of hydrogen-bond acceptors (Lipinski definition) is 4. The highest BCUT2D eigenvalue weighted by Gasteiger charge is 2.18. The molecule has 168 valence electrons. The summed E-state index contributed by atoms with van der Waals surface area (Å²) in [5, 5.41) is 0.584. The summed E-state index contributed by atoms with van der Waals surface area (Å²) in [4.78, 5) is 32.7. The van der Waals surface area contributed by atoms with Crippen molar-refractivity contribution in [2.75, 3.05) is 0 Å². The Morgan fingerprint density at radius 1 is 0.853 bits per heavy atom. The smallest absolute Gasteiger partial charge is 0.263 e. The number of thiophene rings is 1. The van der Waals surface area contributed by atoms with Gasteiger partial charge in [-0.1, -0.05) is 72.8 Å². The number of Topliss-reactive ketones (excluding diaryl/α,β-unsaturated/α-hetero) is 1. The van der Waals surface area contributed by atoms with E-state index in [2.05, 4.69) is 31.0 Å². The number of carbonyl (C=O) groups excluding carboxylic acids is 1. The van der Waals surface area contributed by atoms with Gasteiger partial charge in [0.25, 0.3) is 5.56 Å². The Labute approximate surface area is 202 Å². The first-order chi connectivity index (χ1) is 16.4. The zero-order valence-electron chi connectivity index (χ0n) is 19.3. The molecule has 0 aliphatic carbocycles. The van der Waals surface area contributed by atoms with Crippen LogP contribution >= 0.6 is 11.3 Å². The van der Waals surface area contributed by atoms with Crippen LogP contribution in [0.5, 0.6) is 0 Å². The molecule has 0 amide bonds. The van der Waals surface area contributed by atoms with E-state index in [-0.39, 0.29) is 17.9 Å². The summed E-state index contributed by atoms with van der Waals surface area (Å²) < 4.78 is 1.42. The van der Waals surface area contributed by atoms with E-state index in [0.717, 1.165) is 27.1 Å². The molecule has 5 rings (SSSR count). The summed E-state index contributed by atoms with van der Waals surface area (Å²) >= 11 is 1.51. The second-order valence-electron chi connectivity index (χ2n) is 8.56. The van der Waals surface area contributed by atoms with Crippen LogP contribution < -0.4 is 5.56 Å². The predicted octanol–water partition coefficient (Wildman–Crippen LogP) is 6.60. The van der Waals surface area contributed by atoms with Gasteiger partial charge >= 0.3 is 0 Å². The van der Waals surface area contributed by atoms with Crippen molar-refractivity contribution >= 4 is 27.3 Å². The van der Waals surface area contributed by atoms with Gasteiger partial charge in [0, 0.05) is 16.0 Å². The minimum Gasteiger partial charge on any atom is -0.292 e. The van der Waals surface area contributed by atoms with E-state index in [4.69, 9.17) is 0 Å². The quantitative estimate of drug-likeness (QED) is 0.275. The lowest BCUT2D eigenvalue weighted by Gasteiger charge is -2.08. The molecule has 0 bridgehead atoms. The van der Waals surface area contributed by atoms with Gasteiger partial charge in [0.1, 0.15) is 4.83 Å². The highest BCUT2D eigenvalue weighted by Crippen LogP contribution is 2.36. The number of benzene rings is 3. The third-order valence-electron chi connectivity index (χ3n) is 6.28. The summed E-state index contributed by atoms with van der Waals surface area (Å²) in [5.41, 5.74) is 6.83. The van der Waals surface area contributed by atoms with Gasteiger partial charge < -0.3 is 0 Å². The van der Waals surface area contributed by atoms with Crippen LogP contribution in [-0.4, -0.2) is 15.3 Å². The van der Waals surface area contributed by atoms with Crippen molar-refractivity contribution in [2.45, 2.75) is 27.3 Å². The van der Waals surface area contributed by atoms with Crippen LogP contribution in [0.1, 0.15) is 26.4 Å². The molecule has 4 nitrogen and oxygen atoms in total. The first-order valence-corrected chi connectivity index (χ1v) is 12.0. The standard InChI is InChI=1S/C29H24N2O2S/c1-18-9-10-24(15-19(18)2)26-20(3)34-28-27(26)29(33)31(17-30-28)16-25(32)23-13-11-22(12-14-23)21-7-5-4-6-8-21/h4-15,17H,16H2,1-3H3. The molecule has 0 atom stereocenters. The maximum Gasteiger partial charge on any atom is 0.263 e. The van der Waals surface area contributed by atoms with Crippen molar-refractivity contribution < 1.29 is 4.79 Å². The van der Waals surface area contributed by atoms with Crippen LogP contribution in [0.4, 0.5) is 0 Å². The van der Waals surface area contributed by atoms with Crippen LogP contribution in [-0.2, 0) is 6.54 Å². The summed E-state index contributed by atoms with van der Waals surface area (Å²) in [7, 11) is 0. The Kier molecular flexibility index (Phi) is 5.72. The predicted molar refractivity (Wildman–Crippen MR) is 140 cm³/mol. The number of fused-ring (bicyclic) bond motifs is 1. The first kappa shape index (κ1) is 22.0. The van der Waals surface area contributed by atoms with Gasteiger partial charge in [0.15, 0.2) is 5.78 Å². The van der Waals surface area contributed by atoms with Gasteiger partial charge in [0.05, 0.1) is 18.3 Å². The second-order valence-corrected chi connectivity index (χ2v) is 9.76. The zero-order valence-corrected chi connectivity index (χ0v) is 20.1. The van der Waals surface area contributed by atoms with Crippen molar-refractivity contribution in [3.63, 3.8) is 0 Å². The van der Waals surface area contributed by atoms with E-state index in [9.17, 15) is 9.59 Å².